The molecule has 2 rings (SSSR count). The summed E-state index contributed by atoms with van der Waals surface area (Å²) in [5.74, 6) is -0.459. The van der Waals surface area contributed by atoms with Gasteiger partial charge >= 0.3 is 12.0 Å². The van der Waals surface area contributed by atoms with Crippen LogP contribution in [0.2, 0.25) is 0 Å². The Bertz CT molecular complexity index is 490. The molecule has 2 amide bonds. The Labute approximate surface area is 125 Å². The molecule has 1 saturated heterocycles. The first kappa shape index (κ1) is 15.4. The van der Waals surface area contributed by atoms with Crippen molar-refractivity contribution >= 4 is 12.0 Å². The van der Waals surface area contributed by atoms with Gasteiger partial charge in [0.05, 0.1) is 0 Å². The van der Waals surface area contributed by atoms with E-state index in [0.29, 0.717) is 18.9 Å². The van der Waals surface area contributed by atoms with E-state index >= 15 is 0 Å². The van der Waals surface area contributed by atoms with Crippen LogP contribution < -0.4 is 5.32 Å². The van der Waals surface area contributed by atoms with E-state index in [1.807, 2.05) is 23.1 Å². The summed E-state index contributed by atoms with van der Waals surface area (Å²) in [5, 5.41) is 11.4. The predicted molar refractivity (Wildman–Crippen MR) is 80.2 cm³/mol. The maximum atomic E-state index is 12.1. The Kier molecular flexibility index (Phi) is 5.20. The Morgan fingerprint density at radius 2 is 2.05 bits per heavy atom. The van der Waals surface area contributed by atoms with Crippen LogP contribution in [0.25, 0.3) is 0 Å². The first-order valence-electron chi connectivity index (χ1n) is 7.41. The molecule has 1 fully saturated rings. The second-order valence-corrected chi connectivity index (χ2v) is 5.47. The van der Waals surface area contributed by atoms with Gasteiger partial charge in [-0.2, -0.15) is 0 Å². The summed E-state index contributed by atoms with van der Waals surface area (Å²) in [7, 11) is 0. The molecule has 2 atom stereocenters. The topological polar surface area (TPSA) is 69.6 Å². The second-order valence-electron chi connectivity index (χ2n) is 5.47. The molecule has 0 aliphatic carbocycles. The van der Waals surface area contributed by atoms with E-state index in [1.54, 1.807) is 0 Å². The van der Waals surface area contributed by atoms with Gasteiger partial charge in [-0.05, 0) is 25.3 Å². The molecule has 1 heterocycles. The van der Waals surface area contributed by atoms with E-state index in [-0.39, 0.29) is 18.5 Å². The average molecular weight is 290 g/mol. The van der Waals surface area contributed by atoms with E-state index in [4.69, 9.17) is 5.11 Å². The quantitative estimate of drug-likeness (QED) is 0.818. The predicted octanol–water partition coefficient (Wildman–Crippen LogP) is 2.44. The molecule has 0 spiro atoms. The third-order valence-electron chi connectivity index (χ3n) is 4.09. The molecule has 1 aliphatic rings. The van der Waals surface area contributed by atoms with Crippen molar-refractivity contribution in [3.63, 3.8) is 0 Å². The Balaban J connectivity index is 1.85. The van der Waals surface area contributed by atoms with Gasteiger partial charge in [-0.3, -0.25) is 4.79 Å². The largest absolute Gasteiger partial charge is 0.481 e. The Morgan fingerprint density at radius 1 is 1.33 bits per heavy atom. The fourth-order valence-corrected chi connectivity index (χ4v) is 2.91. The highest BCUT2D eigenvalue weighted by molar-refractivity contribution is 5.75. The molecule has 2 unspecified atom stereocenters. The van der Waals surface area contributed by atoms with Gasteiger partial charge in [-0.15, -0.1) is 0 Å². The van der Waals surface area contributed by atoms with Gasteiger partial charge < -0.3 is 15.3 Å². The summed E-state index contributed by atoms with van der Waals surface area (Å²) in [4.78, 5) is 24.4. The van der Waals surface area contributed by atoms with E-state index in [9.17, 15) is 9.59 Å². The van der Waals surface area contributed by atoms with Crippen LogP contribution in [-0.2, 0) is 4.79 Å². The molecule has 1 aliphatic heterocycles. The third kappa shape index (κ3) is 3.97. The lowest BCUT2D eigenvalue weighted by Gasteiger charge is -2.25. The van der Waals surface area contributed by atoms with Crippen molar-refractivity contribution in [1.29, 1.82) is 0 Å². The summed E-state index contributed by atoms with van der Waals surface area (Å²) >= 11 is 0. The minimum atomic E-state index is -0.831. The number of amides is 2. The first-order valence-corrected chi connectivity index (χ1v) is 7.41. The van der Waals surface area contributed by atoms with E-state index in [0.717, 1.165) is 13.0 Å². The van der Waals surface area contributed by atoms with Crippen molar-refractivity contribution in [2.75, 3.05) is 13.1 Å². The number of aliphatic carboxylic acids is 1. The van der Waals surface area contributed by atoms with Gasteiger partial charge in [0.2, 0.25) is 0 Å². The van der Waals surface area contributed by atoms with E-state index < -0.39 is 5.97 Å². The minimum Gasteiger partial charge on any atom is -0.481 e. The summed E-state index contributed by atoms with van der Waals surface area (Å²) in [5.41, 5.74) is 1.27. The highest BCUT2D eigenvalue weighted by Crippen LogP contribution is 2.32. The number of nitrogens with zero attached hydrogens (tertiary/aromatic N) is 1. The number of benzene rings is 1. The van der Waals surface area contributed by atoms with Crippen molar-refractivity contribution in [3.05, 3.63) is 35.9 Å². The fourth-order valence-electron chi connectivity index (χ4n) is 2.91. The molecule has 0 saturated carbocycles. The molecular weight excluding hydrogens is 268 g/mol. The summed E-state index contributed by atoms with van der Waals surface area (Å²) in [6.07, 6.45) is 1.52. The number of hydrogen-bond acceptors (Lipinski definition) is 2. The lowest BCUT2D eigenvalue weighted by Crippen LogP contribution is -2.43. The summed E-state index contributed by atoms with van der Waals surface area (Å²) in [6, 6.07) is 10.3. The zero-order chi connectivity index (χ0) is 15.2. The Morgan fingerprint density at radius 3 is 2.71 bits per heavy atom. The van der Waals surface area contributed by atoms with Gasteiger partial charge in [-0.25, -0.2) is 4.79 Å². The van der Waals surface area contributed by atoms with Crippen molar-refractivity contribution in [2.45, 2.75) is 38.1 Å². The average Bonchev–Trinajstić information content (AvgIpc) is 2.86. The Hall–Kier alpha value is -2.04. The molecule has 2 N–H and O–H groups in total. The molecule has 0 bridgehead atoms. The number of likely N-dealkylation sites (tertiary alicyclic amines) is 1. The van der Waals surface area contributed by atoms with Crippen LogP contribution in [0, 0.1) is 0 Å². The van der Waals surface area contributed by atoms with E-state index in [2.05, 4.69) is 24.4 Å². The zero-order valence-electron chi connectivity index (χ0n) is 12.3. The zero-order valence-corrected chi connectivity index (χ0v) is 12.3. The first-order chi connectivity index (χ1) is 10.1. The molecule has 1 aromatic rings. The standard InChI is InChI=1S/C16H22N2O3/c1-12-14(13-6-3-2-4-7-13)9-11-18(12)16(21)17-10-5-8-15(19)20/h2-4,6-7,12,14H,5,8-11H2,1H3,(H,17,21)(H,19,20). The molecule has 0 aromatic heterocycles. The molecule has 1 aromatic carbocycles. The SMILES string of the molecule is CC1C(c2ccccc2)CCN1C(=O)NCCCC(=O)O. The molecule has 114 valence electrons. The summed E-state index contributed by atoms with van der Waals surface area (Å²) in [6.45, 7) is 3.22. The maximum absolute atomic E-state index is 12.1. The van der Waals surface area contributed by atoms with Crippen molar-refractivity contribution in [1.82, 2.24) is 10.2 Å². The smallest absolute Gasteiger partial charge is 0.317 e. The number of nitrogens with one attached hydrogen (secondary N) is 1. The van der Waals surface area contributed by atoms with Crippen LogP contribution in [0.3, 0.4) is 0 Å². The maximum Gasteiger partial charge on any atom is 0.317 e. The highest BCUT2D eigenvalue weighted by atomic mass is 16.4. The number of urea groups is 1. The molecular formula is C16H22N2O3. The highest BCUT2D eigenvalue weighted by Gasteiger charge is 2.34. The van der Waals surface area contributed by atoms with Crippen LogP contribution in [0.4, 0.5) is 4.79 Å². The summed E-state index contributed by atoms with van der Waals surface area (Å²) < 4.78 is 0. The lowest BCUT2D eigenvalue weighted by molar-refractivity contribution is -0.137. The second kappa shape index (κ2) is 7.11. The van der Waals surface area contributed by atoms with Crippen molar-refractivity contribution in [3.8, 4) is 0 Å². The molecule has 5 nitrogen and oxygen atoms in total. The lowest BCUT2D eigenvalue weighted by atomic mass is 9.93. The van der Waals surface area contributed by atoms with Crippen molar-refractivity contribution < 1.29 is 14.7 Å². The number of carbonyl (C=O) groups is 2. The number of rotatable bonds is 5. The van der Waals surface area contributed by atoms with Crippen LogP contribution >= 0.6 is 0 Å². The van der Waals surface area contributed by atoms with Gasteiger partial charge in [0.1, 0.15) is 0 Å². The van der Waals surface area contributed by atoms with Crippen LogP contribution in [-0.4, -0.2) is 41.1 Å². The number of carboxylic acid groups (broad SMARTS) is 1. The molecule has 21 heavy (non-hydrogen) atoms. The number of hydrogen-bond donors (Lipinski definition) is 2. The van der Waals surface area contributed by atoms with Crippen molar-refractivity contribution in [2.24, 2.45) is 0 Å². The normalized spacial score (nSPS) is 21.3. The van der Waals surface area contributed by atoms with Gasteiger partial charge in [0.15, 0.2) is 0 Å². The molecule has 5 heteroatoms. The minimum absolute atomic E-state index is 0.0858. The van der Waals surface area contributed by atoms with E-state index in [1.165, 1.54) is 5.56 Å². The van der Waals surface area contributed by atoms with Gasteiger partial charge in [0, 0.05) is 31.5 Å². The molecule has 0 radical (unpaired) electrons. The third-order valence-corrected chi connectivity index (χ3v) is 4.09. The van der Waals surface area contributed by atoms with Gasteiger partial charge in [-0.1, -0.05) is 30.3 Å². The van der Waals surface area contributed by atoms with Crippen LogP contribution in [0.1, 0.15) is 37.7 Å². The fraction of sp³-hybridized carbons (Fsp3) is 0.500. The monoisotopic (exact) mass is 290 g/mol. The number of carbonyl (C=O) groups excluding carboxylic acids is 1. The van der Waals surface area contributed by atoms with Crippen LogP contribution in [0.5, 0.6) is 0 Å². The number of carboxylic acids is 1. The van der Waals surface area contributed by atoms with Gasteiger partial charge in [0.25, 0.3) is 0 Å². The van der Waals surface area contributed by atoms with Crippen LogP contribution in [0.15, 0.2) is 30.3 Å².